The van der Waals surface area contributed by atoms with E-state index in [0.717, 1.165) is 44.2 Å². The molecule has 3 N–H and O–H groups in total. The molecule has 0 aliphatic heterocycles. The molecular weight excluding hydrogens is 488 g/mol. The lowest BCUT2D eigenvalue weighted by Gasteiger charge is -2.19. The number of halogens is 2. The second-order valence-corrected chi connectivity index (χ2v) is 9.71. The highest BCUT2D eigenvalue weighted by molar-refractivity contribution is 5.94. The number of carboxylic acid groups (broad SMARTS) is 1. The Morgan fingerprint density at radius 1 is 1.08 bits per heavy atom. The normalized spacial score (nSPS) is 12.1. The molecule has 2 aromatic rings. The first-order valence-corrected chi connectivity index (χ1v) is 12.3. The van der Waals surface area contributed by atoms with Gasteiger partial charge < -0.3 is 20.5 Å². The van der Waals surface area contributed by atoms with Crippen molar-refractivity contribution < 1.29 is 33.0 Å². The third-order valence-electron chi connectivity index (χ3n) is 5.31. The predicted octanol–water partition coefficient (Wildman–Crippen LogP) is 3.85. The molecule has 1 atom stereocenters. The SMILES string of the molecule is CC(C)(C)OC(=O)NCCCCCCCn1cc(C(=O)NC(CCc2ccc(F)c(F)c2)C(=O)O)nn1. The molecule has 1 heterocycles. The number of hydrogen-bond acceptors (Lipinski definition) is 6. The molecule has 1 aromatic heterocycles. The lowest BCUT2D eigenvalue weighted by Crippen LogP contribution is -2.41. The topological polar surface area (TPSA) is 135 Å². The second kappa shape index (κ2) is 14.2. The van der Waals surface area contributed by atoms with Crippen LogP contribution in [0.2, 0.25) is 0 Å². The highest BCUT2D eigenvalue weighted by Crippen LogP contribution is 2.12. The zero-order valence-electron chi connectivity index (χ0n) is 21.4. The van der Waals surface area contributed by atoms with Crippen LogP contribution in [0.25, 0.3) is 0 Å². The van der Waals surface area contributed by atoms with Crippen molar-refractivity contribution >= 4 is 18.0 Å². The third-order valence-corrected chi connectivity index (χ3v) is 5.31. The Morgan fingerprint density at radius 2 is 1.78 bits per heavy atom. The number of benzene rings is 1. The Morgan fingerprint density at radius 3 is 2.46 bits per heavy atom. The van der Waals surface area contributed by atoms with Crippen molar-refractivity contribution in [1.29, 1.82) is 0 Å². The lowest BCUT2D eigenvalue weighted by atomic mass is 10.0. The number of ether oxygens (including phenoxy) is 1. The van der Waals surface area contributed by atoms with Crippen LogP contribution in [-0.4, -0.2) is 56.3 Å². The molecule has 0 aliphatic carbocycles. The van der Waals surface area contributed by atoms with Gasteiger partial charge in [-0.15, -0.1) is 5.10 Å². The molecule has 1 unspecified atom stereocenters. The standard InChI is InChI=1S/C25H35F2N5O5/c1-25(2,3)37-24(36)28-13-7-5-4-6-8-14-32-16-21(30-31-32)22(33)29-20(23(34)35)12-10-17-9-11-18(26)19(27)15-17/h9,11,15-16,20H,4-8,10,12-14H2,1-3H3,(H,28,36)(H,29,33)(H,34,35). The number of carbonyl (C=O) groups is 3. The fourth-order valence-corrected chi connectivity index (χ4v) is 3.44. The first-order chi connectivity index (χ1) is 17.4. The predicted molar refractivity (Wildman–Crippen MR) is 131 cm³/mol. The lowest BCUT2D eigenvalue weighted by molar-refractivity contribution is -0.139. The molecule has 0 fully saturated rings. The van der Waals surface area contributed by atoms with E-state index in [9.17, 15) is 28.3 Å². The highest BCUT2D eigenvalue weighted by atomic mass is 19.2. The molecular formula is C25H35F2N5O5. The van der Waals surface area contributed by atoms with Gasteiger partial charge in [-0.25, -0.2) is 18.4 Å². The number of nitrogens with one attached hydrogen (secondary N) is 2. The molecule has 0 saturated carbocycles. The van der Waals surface area contributed by atoms with Crippen LogP contribution >= 0.6 is 0 Å². The largest absolute Gasteiger partial charge is 0.480 e. The van der Waals surface area contributed by atoms with Crippen molar-refractivity contribution in [3.63, 3.8) is 0 Å². The van der Waals surface area contributed by atoms with E-state index >= 15 is 0 Å². The minimum absolute atomic E-state index is 0.00637. The van der Waals surface area contributed by atoms with Crippen LogP contribution in [-0.2, 0) is 22.5 Å². The zero-order chi connectivity index (χ0) is 27.4. The average Bonchev–Trinajstić information content (AvgIpc) is 3.28. The summed E-state index contributed by atoms with van der Waals surface area (Å²) in [7, 11) is 0. The molecule has 0 aliphatic rings. The molecule has 204 valence electrons. The first-order valence-electron chi connectivity index (χ1n) is 12.3. The number of unbranched alkanes of at least 4 members (excludes halogenated alkanes) is 4. The molecule has 2 rings (SSSR count). The first kappa shape index (κ1) is 29.7. The zero-order valence-corrected chi connectivity index (χ0v) is 21.4. The molecule has 12 heteroatoms. The fraction of sp³-hybridized carbons (Fsp3) is 0.560. The number of amides is 2. The number of hydrogen-bond donors (Lipinski definition) is 3. The van der Waals surface area contributed by atoms with Crippen LogP contribution in [0.5, 0.6) is 0 Å². The van der Waals surface area contributed by atoms with Gasteiger partial charge in [-0.05, 0) is 64.2 Å². The van der Waals surface area contributed by atoms with E-state index in [0.29, 0.717) is 18.7 Å². The molecule has 2 amide bonds. The summed E-state index contributed by atoms with van der Waals surface area (Å²) in [5.74, 6) is -3.92. The Labute approximate surface area is 214 Å². The smallest absolute Gasteiger partial charge is 0.407 e. The van der Waals surface area contributed by atoms with Gasteiger partial charge in [0.1, 0.15) is 11.6 Å². The summed E-state index contributed by atoms with van der Waals surface area (Å²) in [4.78, 5) is 35.6. The summed E-state index contributed by atoms with van der Waals surface area (Å²) in [6.45, 7) is 6.54. The van der Waals surface area contributed by atoms with Gasteiger partial charge in [0.05, 0.1) is 6.20 Å². The summed E-state index contributed by atoms with van der Waals surface area (Å²) >= 11 is 0. The molecule has 10 nitrogen and oxygen atoms in total. The number of rotatable bonds is 14. The van der Waals surface area contributed by atoms with Crippen LogP contribution in [0.3, 0.4) is 0 Å². The summed E-state index contributed by atoms with van der Waals surface area (Å²) in [6.07, 6.45) is 5.66. The summed E-state index contributed by atoms with van der Waals surface area (Å²) in [5, 5.41) is 22.3. The Hall–Kier alpha value is -3.57. The maximum Gasteiger partial charge on any atom is 0.407 e. The molecule has 1 aromatic carbocycles. The average molecular weight is 524 g/mol. The minimum atomic E-state index is -1.25. The van der Waals surface area contributed by atoms with E-state index < -0.39 is 41.2 Å². The summed E-state index contributed by atoms with van der Waals surface area (Å²) < 4.78 is 33.1. The monoisotopic (exact) mass is 523 g/mol. The highest BCUT2D eigenvalue weighted by Gasteiger charge is 2.22. The molecule has 0 bridgehead atoms. The van der Waals surface area contributed by atoms with Crippen LogP contribution < -0.4 is 10.6 Å². The number of alkyl carbamates (subject to hydrolysis) is 1. The van der Waals surface area contributed by atoms with E-state index in [4.69, 9.17) is 4.74 Å². The second-order valence-electron chi connectivity index (χ2n) is 9.71. The fourth-order valence-electron chi connectivity index (χ4n) is 3.44. The molecule has 0 radical (unpaired) electrons. The Bertz CT molecular complexity index is 1050. The van der Waals surface area contributed by atoms with Gasteiger partial charge in [-0.2, -0.15) is 0 Å². The van der Waals surface area contributed by atoms with E-state index in [1.54, 1.807) is 0 Å². The van der Waals surface area contributed by atoms with Gasteiger partial charge in [0.15, 0.2) is 17.3 Å². The van der Waals surface area contributed by atoms with Crippen molar-refractivity contribution in [2.75, 3.05) is 6.54 Å². The van der Waals surface area contributed by atoms with Crippen LogP contribution in [0.4, 0.5) is 13.6 Å². The van der Waals surface area contributed by atoms with E-state index in [1.807, 2.05) is 20.8 Å². The van der Waals surface area contributed by atoms with Crippen molar-refractivity contribution in [2.45, 2.75) is 83.9 Å². The van der Waals surface area contributed by atoms with Crippen molar-refractivity contribution in [2.24, 2.45) is 0 Å². The number of carbonyl (C=O) groups excluding carboxylic acids is 2. The number of aromatic nitrogens is 3. The van der Waals surface area contributed by atoms with Gasteiger partial charge in [0, 0.05) is 13.1 Å². The van der Waals surface area contributed by atoms with Gasteiger partial charge >= 0.3 is 12.1 Å². The van der Waals surface area contributed by atoms with E-state index in [1.165, 1.54) is 16.9 Å². The van der Waals surface area contributed by atoms with E-state index in [2.05, 4.69) is 20.9 Å². The van der Waals surface area contributed by atoms with E-state index in [-0.39, 0.29) is 18.5 Å². The van der Waals surface area contributed by atoms with Gasteiger partial charge in [0.2, 0.25) is 0 Å². The van der Waals surface area contributed by atoms with Crippen molar-refractivity contribution in [1.82, 2.24) is 25.6 Å². The van der Waals surface area contributed by atoms with Gasteiger partial charge in [-0.3, -0.25) is 9.48 Å². The third kappa shape index (κ3) is 11.4. The quantitative estimate of drug-likeness (QED) is 0.320. The van der Waals surface area contributed by atoms with Gasteiger partial charge in [-0.1, -0.05) is 30.5 Å². The molecule has 0 saturated heterocycles. The molecule has 37 heavy (non-hydrogen) atoms. The number of aliphatic carboxylic acids is 1. The van der Waals surface area contributed by atoms with Gasteiger partial charge in [0.25, 0.3) is 5.91 Å². The number of aryl methyl sites for hydroxylation is 2. The summed E-state index contributed by atoms with van der Waals surface area (Å²) in [6, 6.07) is 2.12. The van der Waals surface area contributed by atoms with Crippen LogP contribution in [0, 0.1) is 11.6 Å². The number of carboxylic acids is 1. The minimum Gasteiger partial charge on any atom is -0.480 e. The van der Waals surface area contributed by atoms with Crippen molar-refractivity contribution in [3.8, 4) is 0 Å². The van der Waals surface area contributed by atoms with Crippen molar-refractivity contribution in [3.05, 3.63) is 47.3 Å². The summed E-state index contributed by atoms with van der Waals surface area (Å²) in [5.41, 5.74) is -0.103. The number of nitrogens with zero attached hydrogens (tertiary/aromatic N) is 3. The Kier molecular flexibility index (Phi) is 11.4. The maximum absolute atomic E-state index is 13.4. The maximum atomic E-state index is 13.4. The van der Waals surface area contributed by atoms with Crippen LogP contribution in [0.15, 0.2) is 24.4 Å². The van der Waals surface area contributed by atoms with Crippen LogP contribution in [0.1, 0.15) is 75.3 Å². The molecule has 0 spiro atoms. The Balaban J connectivity index is 1.67.